The van der Waals surface area contributed by atoms with E-state index in [1.165, 1.54) is 6.07 Å². The lowest BCUT2D eigenvalue weighted by Crippen LogP contribution is -2.34. The molecule has 1 aromatic rings. The van der Waals surface area contributed by atoms with Crippen molar-refractivity contribution in [2.45, 2.75) is 51.4 Å². The average molecular weight is 299 g/mol. The Morgan fingerprint density at radius 3 is 2.35 bits per heavy atom. The number of carboxylic acid groups (broad SMARTS) is 1. The molecule has 1 aromatic carbocycles. The molecule has 0 spiro atoms. The molecule has 0 atom stereocenters. The van der Waals surface area contributed by atoms with E-state index >= 15 is 0 Å². The molecule has 2 nitrogen and oxygen atoms in total. The monoisotopic (exact) mass is 298 g/mol. The van der Waals surface area contributed by atoms with Crippen LogP contribution in [0.2, 0.25) is 5.02 Å². The zero-order chi connectivity index (χ0) is 14.6. The summed E-state index contributed by atoms with van der Waals surface area (Å²) in [6, 6.07) is 4.52. The van der Waals surface area contributed by atoms with Gasteiger partial charge in [0.2, 0.25) is 0 Å². The molecule has 0 unspecified atom stereocenters. The van der Waals surface area contributed by atoms with Crippen molar-refractivity contribution >= 4 is 17.6 Å². The Hall–Kier alpha value is -1.09. The van der Waals surface area contributed by atoms with Gasteiger partial charge in [-0.2, -0.15) is 0 Å². The van der Waals surface area contributed by atoms with Gasteiger partial charge < -0.3 is 5.11 Å². The Labute approximate surface area is 123 Å². The first-order valence-corrected chi connectivity index (χ1v) is 7.59. The molecule has 20 heavy (non-hydrogen) atoms. The van der Waals surface area contributed by atoms with Crippen LogP contribution in [-0.2, 0) is 11.2 Å². The van der Waals surface area contributed by atoms with Crippen LogP contribution in [0.25, 0.3) is 0 Å². The van der Waals surface area contributed by atoms with Gasteiger partial charge in [-0.25, -0.2) is 4.39 Å². The van der Waals surface area contributed by atoms with Gasteiger partial charge in [-0.1, -0.05) is 49.8 Å². The molecule has 0 heterocycles. The van der Waals surface area contributed by atoms with E-state index in [4.69, 9.17) is 11.6 Å². The van der Waals surface area contributed by atoms with Crippen molar-refractivity contribution in [3.05, 3.63) is 34.6 Å². The molecule has 0 radical (unpaired) electrons. The number of rotatable bonds is 3. The van der Waals surface area contributed by atoms with Crippen LogP contribution in [0.15, 0.2) is 18.2 Å². The van der Waals surface area contributed by atoms with Crippen LogP contribution in [0.1, 0.15) is 50.5 Å². The SMILES string of the molecule is O=C(O)C1(Cc2c(F)cccc2Cl)CCCCCCC1. The summed E-state index contributed by atoms with van der Waals surface area (Å²) < 4.78 is 13.9. The molecule has 4 heteroatoms. The van der Waals surface area contributed by atoms with Gasteiger partial charge in [0, 0.05) is 10.6 Å². The number of halogens is 2. The zero-order valence-electron chi connectivity index (χ0n) is 11.5. The smallest absolute Gasteiger partial charge is 0.309 e. The number of aliphatic carboxylic acids is 1. The Morgan fingerprint density at radius 1 is 1.20 bits per heavy atom. The molecule has 0 bridgehead atoms. The van der Waals surface area contributed by atoms with Crippen LogP contribution >= 0.6 is 11.6 Å². The molecule has 0 aromatic heterocycles. The van der Waals surface area contributed by atoms with Gasteiger partial charge in [0.1, 0.15) is 5.82 Å². The normalized spacial score (nSPS) is 19.1. The van der Waals surface area contributed by atoms with E-state index in [2.05, 4.69) is 0 Å². The summed E-state index contributed by atoms with van der Waals surface area (Å²) in [4.78, 5) is 11.8. The summed E-state index contributed by atoms with van der Waals surface area (Å²) in [7, 11) is 0. The number of hydrogen-bond acceptors (Lipinski definition) is 1. The molecule has 1 aliphatic rings. The molecule has 0 saturated heterocycles. The first kappa shape index (κ1) is 15.3. The second-order valence-electron chi connectivity index (χ2n) is 5.73. The lowest BCUT2D eigenvalue weighted by atomic mass is 9.72. The third-order valence-corrected chi connectivity index (χ3v) is 4.70. The van der Waals surface area contributed by atoms with E-state index in [0.29, 0.717) is 23.4 Å². The van der Waals surface area contributed by atoms with Crippen molar-refractivity contribution in [2.24, 2.45) is 5.41 Å². The van der Waals surface area contributed by atoms with Crippen molar-refractivity contribution in [2.75, 3.05) is 0 Å². The van der Waals surface area contributed by atoms with E-state index in [0.717, 1.165) is 32.1 Å². The quantitative estimate of drug-likeness (QED) is 0.867. The Balaban J connectivity index is 2.30. The maximum Gasteiger partial charge on any atom is 0.309 e. The molecule has 0 aliphatic heterocycles. The van der Waals surface area contributed by atoms with Crippen molar-refractivity contribution in [1.82, 2.24) is 0 Å². The number of benzene rings is 1. The van der Waals surface area contributed by atoms with Crippen LogP contribution in [0.4, 0.5) is 4.39 Å². The standard InChI is InChI=1S/C16H20ClFO2/c17-13-7-6-8-14(18)12(13)11-16(15(19)20)9-4-2-1-3-5-10-16/h6-8H,1-5,9-11H2,(H,19,20). The third-order valence-electron chi connectivity index (χ3n) is 4.34. The molecule has 1 N–H and O–H groups in total. The number of carbonyl (C=O) groups is 1. The van der Waals surface area contributed by atoms with Crippen LogP contribution < -0.4 is 0 Å². The highest BCUT2D eigenvalue weighted by Crippen LogP contribution is 2.39. The minimum absolute atomic E-state index is 0.188. The Morgan fingerprint density at radius 2 is 1.80 bits per heavy atom. The summed E-state index contributed by atoms with van der Waals surface area (Å²) in [6.45, 7) is 0. The van der Waals surface area contributed by atoms with Gasteiger partial charge in [-0.15, -0.1) is 0 Å². The first-order chi connectivity index (χ1) is 9.55. The number of hydrogen-bond donors (Lipinski definition) is 1. The molecular weight excluding hydrogens is 279 g/mol. The van der Waals surface area contributed by atoms with E-state index < -0.39 is 17.2 Å². The van der Waals surface area contributed by atoms with Crippen LogP contribution in [-0.4, -0.2) is 11.1 Å². The fourth-order valence-electron chi connectivity index (χ4n) is 3.09. The van der Waals surface area contributed by atoms with E-state index in [-0.39, 0.29) is 6.42 Å². The second kappa shape index (κ2) is 6.57. The predicted octanol–water partition coefficient (Wildman–Crippen LogP) is 4.84. The predicted molar refractivity (Wildman–Crippen MR) is 77.5 cm³/mol. The highest BCUT2D eigenvalue weighted by molar-refractivity contribution is 6.31. The van der Waals surface area contributed by atoms with E-state index in [9.17, 15) is 14.3 Å². The summed E-state index contributed by atoms with van der Waals surface area (Å²) in [5, 5.41) is 10.0. The fourth-order valence-corrected chi connectivity index (χ4v) is 3.32. The highest BCUT2D eigenvalue weighted by atomic mass is 35.5. The van der Waals surface area contributed by atoms with E-state index in [1.807, 2.05) is 0 Å². The van der Waals surface area contributed by atoms with Gasteiger partial charge in [-0.05, 0) is 31.4 Å². The van der Waals surface area contributed by atoms with Gasteiger partial charge in [0.05, 0.1) is 5.41 Å². The molecular formula is C16H20ClFO2. The lowest BCUT2D eigenvalue weighted by Gasteiger charge is -2.31. The molecule has 1 aliphatic carbocycles. The molecule has 1 fully saturated rings. The Kier molecular flexibility index (Phi) is 5.03. The number of carboxylic acids is 1. The summed E-state index contributed by atoms with van der Waals surface area (Å²) in [5.41, 5.74) is -0.524. The lowest BCUT2D eigenvalue weighted by molar-refractivity contribution is -0.150. The minimum atomic E-state index is -0.869. The summed E-state index contributed by atoms with van der Waals surface area (Å²) >= 11 is 6.06. The molecule has 2 rings (SSSR count). The van der Waals surface area contributed by atoms with Crippen LogP contribution in [0.5, 0.6) is 0 Å². The summed E-state index contributed by atoms with van der Waals surface area (Å²) in [5.74, 6) is -1.22. The highest BCUT2D eigenvalue weighted by Gasteiger charge is 2.39. The van der Waals surface area contributed by atoms with Crippen molar-refractivity contribution < 1.29 is 14.3 Å². The van der Waals surface area contributed by atoms with Crippen molar-refractivity contribution in [1.29, 1.82) is 0 Å². The Bertz CT molecular complexity index is 459. The molecule has 110 valence electrons. The zero-order valence-corrected chi connectivity index (χ0v) is 12.3. The van der Waals surface area contributed by atoms with Gasteiger partial charge >= 0.3 is 5.97 Å². The third kappa shape index (κ3) is 3.32. The van der Waals surface area contributed by atoms with Gasteiger partial charge in [0.15, 0.2) is 0 Å². The minimum Gasteiger partial charge on any atom is -0.481 e. The van der Waals surface area contributed by atoms with Crippen molar-refractivity contribution in [3.8, 4) is 0 Å². The van der Waals surface area contributed by atoms with Crippen molar-refractivity contribution in [3.63, 3.8) is 0 Å². The molecule has 1 saturated carbocycles. The van der Waals surface area contributed by atoms with Crippen LogP contribution in [0.3, 0.4) is 0 Å². The van der Waals surface area contributed by atoms with Gasteiger partial charge in [-0.3, -0.25) is 4.79 Å². The average Bonchev–Trinajstić information content (AvgIpc) is 2.36. The largest absolute Gasteiger partial charge is 0.481 e. The first-order valence-electron chi connectivity index (χ1n) is 7.21. The maximum atomic E-state index is 13.9. The van der Waals surface area contributed by atoms with Gasteiger partial charge in [0.25, 0.3) is 0 Å². The topological polar surface area (TPSA) is 37.3 Å². The van der Waals surface area contributed by atoms with Crippen LogP contribution in [0, 0.1) is 11.2 Å². The molecule has 0 amide bonds. The second-order valence-corrected chi connectivity index (χ2v) is 6.14. The van der Waals surface area contributed by atoms with E-state index in [1.54, 1.807) is 12.1 Å². The summed E-state index contributed by atoms with van der Waals surface area (Å²) in [6.07, 6.45) is 6.45. The fraction of sp³-hybridized carbons (Fsp3) is 0.562. The maximum absolute atomic E-state index is 13.9.